The molecule has 0 atom stereocenters. The first kappa shape index (κ1) is 14.9. The fourth-order valence-electron chi connectivity index (χ4n) is 1.40. The monoisotopic (exact) mass is 272 g/mol. The van der Waals surface area contributed by atoms with Crippen molar-refractivity contribution in [1.29, 1.82) is 0 Å². The molecule has 7 heteroatoms. The molecule has 0 aliphatic rings. The minimum atomic E-state index is -3.44. The summed E-state index contributed by atoms with van der Waals surface area (Å²) in [7, 11) is 2.17. The van der Waals surface area contributed by atoms with Crippen LogP contribution in [0.25, 0.3) is 0 Å². The van der Waals surface area contributed by atoms with E-state index in [0.717, 1.165) is 13.0 Å². The van der Waals surface area contributed by atoms with Crippen LogP contribution in [0, 0.1) is 0 Å². The second kappa shape index (κ2) is 6.67. The molecule has 0 amide bonds. The highest BCUT2D eigenvalue weighted by Gasteiger charge is 2.13. The molecule has 0 aliphatic carbocycles. The maximum absolute atomic E-state index is 12.0. The zero-order valence-corrected chi connectivity index (χ0v) is 11.8. The van der Waals surface area contributed by atoms with E-state index in [-0.39, 0.29) is 4.90 Å². The smallest absolute Gasteiger partial charge is 0.240 e. The van der Waals surface area contributed by atoms with Crippen LogP contribution in [0.5, 0.6) is 0 Å². The first-order valence-corrected chi connectivity index (χ1v) is 7.22. The van der Waals surface area contributed by atoms with Gasteiger partial charge in [-0.3, -0.25) is 0 Å². The fraction of sp³-hybridized carbons (Fsp3) is 0.545. The van der Waals surface area contributed by atoms with Crippen molar-refractivity contribution in [2.75, 3.05) is 39.5 Å². The van der Waals surface area contributed by atoms with Crippen molar-refractivity contribution in [3.63, 3.8) is 0 Å². The molecule has 102 valence electrons. The summed E-state index contributed by atoms with van der Waals surface area (Å²) in [5.74, 6) is 0.533. The van der Waals surface area contributed by atoms with Crippen molar-refractivity contribution in [2.24, 2.45) is 0 Å². The largest absolute Gasteiger partial charge is 0.373 e. The van der Waals surface area contributed by atoms with Crippen LogP contribution in [0.3, 0.4) is 0 Å². The molecule has 1 aromatic heterocycles. The van der Waals surface area contributed by atoms with Gasteiger partial charge in [0, 0.05) is 25.9 Å². The van der Waals surface area contributed by atoms with Crippen LogP contribution in [0.2, 0.25) is 0 Å². The molecule has 0 aliphatic heterocycles. The number of pyridine rings is 1. The van der Waals surface area contributed by atoms with E-state index in [1.807, 2.05) is 19.0 Å². The van der Waals surface area contributed by atoms with E-state index in [1.165, 1.54) is 18.3 Å². The van der Waals surface area contributed by atoms with Gasteiger partial charge in [0.2, 0.25) is 10.0 Å². The molecule has 18 heavy (non-hydrogen) atoms. The van der Waals surface area contributed by atoms with Gasteiger partial charge >= 0.3 is 0 Å². The van der Waals surface area contributed by atoms with Gasteiger partial charge in [-0.25, -0.2) is 18.1 Å². The molecule has 1 heterocycles. The Morgan fingerprint density at radius 3 is 2.72 bits per heavy atom. The Kier molecular flexibility index (Phi) is 5.52. The van der Waals surface area contributed by atoms with Crippen LogP contribution in [-0.4, -0.2) is 52.5 Å². The first-order chi connectivity index (χ1) is 8.45. The quantitative estimate of drug-likeness (QED) is 0.701. The lowest BCUT2D eigenvalue weighted by atomic mass is 10.4. The molecule has 6 nitrogen and oxygen atoms in total. The Morgan fingerprint density at radius 1 is 1.39 bits per heavy atom. The van der Waals surface area contributed by atoms with Crippen molar-refractivity contribution >= 4 is 15.8 Å². The van der Waals surface area contributed by atoms with Gasteiger partial charge in [-0.2, -0.15) is 0 Å². The van der Waals surface area contributed by atoms with Crippen LogP contribution < -0.4 is 10.0 Å². The number of rotatable bonds is 7. The molecule has 0 aromatic carbocycles. The first-order valence-electron chi connectivity index (χ1n) is 5.74. The van der Waals surface area contributed by atoms with Crippen molar-refractivity contribution in [3.8, 4) is 0 Å². The highest BCUT2D eigenvalue weighted by molar-refractivity contribution is 7.89. The Balaban J connectivity index is 2.62. The number of hydrogen-bond donors (Lipinski definition) is 2. The van der Waals surface area contributed by atoms with Gasteiger partial charge in [0.05, 0.1) is 4.90 Å². The van der Waals surface area contributed by atoms with E-state index in [9.17, 15) is 8.42 Å². The summed E-state index contributed by atoms with van der Waals surface area (Å²) in [6.07, 6.45) is 2.25. The van der Waals surface area contributed by atoms with E-state index in [0.29, 0.717) is 12.4 Å². The second-order valence-corrected chi connectivity index (χ2v) is 5.95. The van der Waals surface area contributed by atoms with Crippen LogP contribution in [0.1, 0.15) is 6.42 Å². The van der Waals surface area contributed by atoms with Crippen molar-refractivity contribution in [1.82, 2.24) is 14.6 Å². The van der Waals surface area contributed by atoms with E-state index >= 15 is 0 Å². The van der Waals surface area contributed by atoms with Gasteiger partial charge < -0.3 is 10.2 Å². The van der Waals surface area contributed by atoms with Gasteiger partial charge in [0.15, 0.2) is 0 Å². The Morgan fingerprint density at radius 2 is 2.11 bits per heavy atom. The van der Waals surface area contributed by atoms with Crippen LogP contribution in [-0.2, 0) is 10.0 Å². The molecular formula is C11H20N4O2S. The van der Waals surface area contributed by atoms with Crippen LogP contribution >= 0.6 is 0 Å². The molecule has 0 saturated heterocycles. The molecule has 0 unspecified atom stereocenters. The average Bonchev–Trinajstić information content (AvgIpc) is 2.34. The van der Waals surface area contributed by atoms with E-state index in [2.05, 4.69) is 15.0 Å². The third-order valence-corrected chi connectivity index (χ3v) is 3.83. The molecule has 2 N–H and O–H groups in total. The molecular weight excluding hydrogens is 252 g/mol. The number of nitrogens with zero attached hydrogens (tertiary/aromatic N) is 2. The summed E-state index contributed by atoms with van der Waals surface area (Å²) in [4.78, 5) is 6.22. The fourth-order valence-corrected chi connectivity index (χ4v) is 2.49. The van der Waals surface area contributed by atoms with Gasteiger partial charge in [-0.15, -0.1) is 0 Å². The number of anilines is 1. The van der Waals surface area contributed by atoms with Crippen molar-refractivity contribution in [2.45, 2.75) is 11.3 Å². The highest BCUT2D eigenvalue weighted by Crippen LogP contribution is 2.11. The van der Waals surface area contributed by atoms with Gasteiger partial charge in [0.1, 0.15) is 5.82 Å². The standard InChI is InChI=1S/C11H20N4O2S/c1-12-11-9-10(5-7-13-11)18(16,17)14-6-4-8-15(2)3/h5,7,9,14H,4,6,8H2,1-3H3,(H,12,13). The second-order valence-electron chi connectivity index (χ2n) is 4.18. The topological polar surface area (TPSA) is 74.3 Å². The molecule has 0 fully saturated rings. The summed E-state index contributed by atoms with van der Waals surface area (Å²) in [5, 5.41) is 2.81. The van der Waals surface area contributed by atoms with Crippen LogP contribution in [0.4, 0.5) is 5.82 Å². The molecule has 0 radical (unpaired) electrons. The number of sulfonamides is 1. The zero-order valence-electron chi connectivity index (χ0n) is 11.0. The molecule has 1 rings (SSSR count). The van der Waals surface area contributed by atoms with Crippen molar-refractivity contribution in [3.05, 3.63) is 18.3 Å². The predicted molar refractivity (Wildman–Crippen MR) is 72.1 cm³/mol. The Bertz CT molecular complexity index is 474. The number of nitrogens with one attached hydrogen (secondary N) is 2. The van der Waals surface area contributed by atoms with E-state index in [1.54, 1.807) is 7.05 Å². The average molecular weight is 272 g/mol. The maximum atomic E-state index is 12.0. The zero-order chi connectivity index (χ0) is 13.6. The summed E-state index contributed by atoms with van der Waals surface area (Å²) in [6.45, 7) is 1.28. The Labute approximate surface area is 108 Å². The summed E-state index contributed by atoms with van der Waals surface area (Å²) < 4.78 is 26.5. The highest BCUT2D eigenvalue weighted by atomic mass is 32.2. The molecule has 1 aromatic rings. The van der Waals surface area contributed by atoms with Crippen LogP contribution in [0.15, 0.2) is 23.2 Å². The third-order valence-electron chi connectivity index (χ3n) is 2.37. The van der Waals surface area contributed by atoms with Crippen molar-refractivity contribution < 1.29 is 8.42 Å². The molecule has 0 saturated carbocycles. The van der Waals surface area contributed by atoms with E-state index < -0.39 is 10.0 Å². The summed E-state index contributed by atoms with van der Waals surface area (Å²) in [6, 6.07) is 2.99. The summed E-state index contributed by atoms with van der Waals surface area (Å²) >= 11 is 0. The number of hydrogen-bond acceptors (Lipinski definition) is 5. The normalized spacial score (nSPS) is 11.8. The SMILES string of the molecule is CNc1cc(S(=O)(=O)NCCCN(C)C)ccn1. The van der Waals surface area contributed by atoms with Gasteiger partial charge in [-0.05, 0) is 33.1 Å². The third kappa shape index (κ3) is 4.59. The van der Waals surface area contributed by atoms with E-state index in [4.69, 9.17) is 0 Å². The predicted octanol–water partition coefficient (Wildman–Crippen LogP) is 0.353. The lowest BCUT2D eigenvalue weighted by molar-refractivity contribution is 0.400. The lowest BCUT2D eigenvalue weighted by Gasteiger charge is -2.10. The molecule has 0 spiro atoms. The van der Waals surface area contributed by atoms with Gasteiger partial charge in [0.25, 0.3) is 0 Å². The minimum Gasteiger partial charge on any atom is -0.373 e. The summed E-state index contributed by atoms with van der Waals surface area (Å²) in [5.41, 5.74) is 0. The number of aromatic nitrogens is 1. The minimum absolute atomic E-state index is 0.228. The Hall–Kier alpha value is -1.18. The maximum Gasteiger partial charge on any atom is 0.240 e. The molecule has 0 bridgehead atoms. The lowest BCUT2D eigenvalue weighted by Crippen LogP contribution is -2.27. The van der Waals surface area contributed by atoms with Gasteiger partial charge in [-0.1, -0.05) is 0 Å².